The Kier molecular flexibility index (Phi) is 5.84. The van der Waals surface area contributed by atoms with E-state index in [-0.39, 0.29) is 29.4 Å². The molecule has 2 aliphatic rings. The minimum absolute atomic E-state index is 0.0457. The van der Waals surface area contributed by atoms with Crippen LogP contribution in [0.5, 0.6) is 0 Å². The van der Waals surface area contributed by atoms with Gasteiger partial charge in [0, 0.05) is 25.8 Å². The molecule has 2 atom stereocenters. The summed E-state index contributed by atoms with van der Waals surface area (Å²) in [6.45, 7) is 6.89. The molecule has 0 amide bonds. The fourth-order valence-electron chi connectivity index (χ4n) is 3.57. The van der Waals surface area contributed by atoms with Gasteiger partial charge in [0.1, 0.15) is 5.82 Å². The molecule has 0 unspecified atom stereocenters. The minimum Gasteiger partial charge on any atom is -0.384 e. The molecule has 0 radical (unpaired) electrons. The number of morpholine rings is 2. The molecule has 0 spiro atoms. The number of anilines is 3. The Morgan fingerprint density at radius 3 is 2.52 bits per heavy atom. The van der Waals surface area contributed by atoms with Gasteiger partial charge < -0.3 is 25.0 Å². The molecule has 31 heavy (non-hydrogen) atoms. The predicted molar refractivity (Wildman–Crippen MR) is 108 cm³/mol. The molecule has 0 saturated carbocycles. The van der Waals surface area contributed by atoms with Crippen molar-refractivity contribution in [1.82, 2.24) is 19.9 Å². The number of nitrogens with zero attached hydrogens (tertiary/aromatic N) is 6. The SMILES string of the molecule is C[C@@H]1CN(c2nc(-c3cnc(N)cc3C(F)(F)F)nc(N3CCOCC3)n2)[C@@H](C)CO1. The van der Waals surface area contributed by atoms with E-state index in [0.29, 0.717) is 51.4 Å². The summed E-state index contributed by atoms with van der Waals surface area (Å²) in [7, 11) is 0. The average Bonchev–Trinajstić information content (AvgIpc) is 2.75. The summed E-state index contributed by atoms with van der Waals surface area (Å²) in [6.07, 6.45) is -3.64. The van der Waals surface area contributed by atoms with Crippen LogP contribution in [0.2, 0.25) is 0 Å². The van der Waals surface area contributed by atoms with Gasteiger partial charge in [-0.2, -0.15) is 28.1 Å². The molecule has 2 saturated heterocycles. The van der Waals surface area contributed by atoms with E-state index in [2.05, 4.69) is 19.9 Å². The number of pyridine rings is 1. The van der Waals surface area contributed by atoms with Gasteiger partial charge in [-0.1, -0.05) is 0 Å². The maximum atomic E-state index is 13.7. The van der Waals surface area contributed by atoms with E-state index in [0.717, 1.165) is 12.3 Å². The van der Waals surface area contributed by atoms with Crippen molar-refractivity contribution in [2.24, 2.45) is 0 Å². The number of ether oxygens (including phenoxy) is 2. The fourth-order valence-corrected chi connectivity index (χ4v) is 3.57. The highest BCUT2D eigenvalue weighted by Gasteiger charge is 2.36. The second-order valence-electron chi connectivity index (χ2n) is 7.66. The van der Waals surface area contributed by atoms with Crippen molar-refractivity contribution in [3.8, 4) is 11.4 Å². The average molecular weight is 439 g/mol. The molecule has 2 aliphatic heterocycles. The van der Waals surface area contributed by atoms with Crippen LogP contribution in [0.1, 0.15) is 19.4 Å². The fraction of sp³-hybridized carbons (Fsp3) is 0.579. The largest absolute Gasteiger partial charge is 0.417 e. The summed E-state index contributed by atoms with van der Waals surface area (Å²) < 4.78 is 52.2. The lowest BCUT2D eigenvalue weighted by atomic mass is 10.1. The summed E-state index contributed by atoms with van der Waals surface area (Å²) in [5.74, 6) is 0.283. The number of hydrogen-bond acceptors (Lipinski definition) is 9. The van der Waals surface area contributed by atoms with Gasteiger partial charge in [-0.05, 0) is 19.9 Å². The molecule has 4 heterocycles. The zero-order chi connectivity index (χ0) is 22.2. The predicted octanol–water partition coefficient (Wildman–Crippen LogP) is 1.98. The van der Waals surface area contributed by atoms with Crippen LogP contribution in [0.25, 0.3) is 11.4 Å². The number of halogens is 3. The lowest BCUT2D eigenvalue weighted by Crippen LogP contribution is -2.48. The molecule has 2 fully saturated rings. The van der Waals surface area contributed by atoms with Gasteiger partial charge in [0.2, 0.25) is 11.9 Å². The summed E-state index contributed by atoms with van der Waals surface area (Å²) in [5, 5.41) is 0. The molecule has 2 aromatic rings. The molecule has 168 valence electrons. The van der Waals surface area contributed by atoms with Crippen molar-refractivity contribution < 1.29 is 22.6 Å². The number of hydrogen-bond donors (Lipinski definition) is 1. The first-order valence-electron chi connectivity index (χ1n) is 10.0. The normalized spacial score (nSPS) is 22.6. The van der Waals surface area contributed by atoms with Crippen molar-refractivity contribution in [1.29, 1.82) is 0 Å². The second kappa shape index (κ2) is 8.42. The van der Waals surface area contributed by atoms with Gasteiger partial charge in [-0.15, -0.1) is 0 Å². The first-order valence-corrected chi connectivity index (χ1v) is 10.0. The van der Waals surface area contributed by atoms with Crippen LogP contribution >= 0.6 is 0 Å². The molecule has 12 heteroatoms. The standard InChI is InChI=1S/C19H24F3N7O2/c1-11-10-31-12(2)9-29(11)18-26-16(25-17(27-18)28-3-5-30-6-4-28)13-8-24-15(23)7-14(13)19(20,21)22/h7-8,11-12H,3-6,9-10H2,1-2H3,(H2,23,24)/t11-,12+/m0/s1. The van der Waals surface area contributed by atoms with E-state index >= 15 is 0 Å². The van der Waals surface area contributed by atoms with Crippen LogP contribution in [-0.4, -0.2) is 71.5 Å². The number of nitrogens with two attached hydrogens (primary N) is 1. The van der Waals surface area contributed by atoms with E-state index < -0.39 is 11.7 Å². The molecule has 4 rings (SSSR count). The van der Waals surface area contributed by atoms with Gasteiger partial charge in [-0.25, -0.2) is 4.98 Å². The van der Waals surface area contributed by atoms with Crippen LogP contribution in [-0.2, 0) is 15.7 Å². The van der Waals surface area contributed by atoms with Gasteiger partial charge in [0.15, 0.2) is 5.82 Å². The van der Waals surface area contributed by atoms with Crippen molar-refractivity contribution >= 4 is 17.7 Å². The van der Waals surface area contributed by atoms with Crippen LogP contribution in [0.3, 0.4) is 0 Å². The number of alkyl halides is 3. The Balaban J connectivity index is 1.84. The van der Waals surface area contributed by atoms with Crippen molar-refractivity contribution in [2.45, 2.75) is 32.2 Å². The molecule has 2 N–H and O–H groups in total. The second-order valence-corrected chi connectivity index (χ2v) is 7.66. The van der Waals surface area contributed by atoms with Crippen molar-refractivity contribution in [2.75, 3.05) is 55.0 Å². The van der Waals surface area contributed by atoms with Crippen LogP contribution in [0, 0.1) is 0 Å². The third-order valence-electron chi connectivity index (χ3n) is 5.24. The van der Waals surface area contributed by atoms with Gasteiger partial charge in [-0.3, -0.25) is 0 Å². The summed E-state index contributed by atoms with van der Waals surface area (Å²) in [5.41, 5.74) is 4.34. The molecular formula is C19H24F3N7O2. The molecule has 9 nitrogen and oxygen atoms in total. The Hall–Kier alpha value is -2.73. The number of nitrogen functional groups attached to an aromatic ring is 1. The summed E-state index contributed by atoms with van der Waals surface area (Å²) >= 11 is 0. The lowest BCUT2D eigenvalue weighted by molar-refractivity contribution is -0.137. The lowest BCUT2D eigenvalue weighted by Gasteiger charge is -2.37. The first-order chi connectivity index (χ1) is 14.7. The first kappa shape index (κ1) is 21.5. The monoisotopic (exact) mass is 439 g/mol. The van der Waals surface area contributed by atoms with Crippen LogP contribution in [0.4, 0.5) is 30.9 Å². The summed E-state index contributed by atoms with van der Waals surface area (Å²) in [6, 6.07) is 0.753. The Morgan fingerprint density at radius 1 is 1.10 bits per heavy atom. The Labute approximate surface area is 177 Å². The van der Waals surface area contributed by atoms with Crippen LogP contribution in [0.15, 0.2) is 12.3 Å². The molecule has 0 aromatic carbocycles. The van der Waals surface area contributed by atoms with E-state index in [1.165, 1.54) is 0 Å². The highest BCUT2D eigenvalue weighted by atomic mass is 19.4. The van der Waals surface area contributed by atoms with E-state index in [1.54, 1.807) is 0 Å². The van der Waals surface area contributed by atoms with Gasteiger partial charge in [0.25, 0.3) is 0 Å². The quantitative estimate of drug-likeness (QED) is 0.769. The van der Waals surface area contributed by atoms with E-state index in [1.807, 2.05) is 23.6 Å². The molecule has 0 bridgehead atoms. The van der Waals surface area contributed by atoms with E-state index in [4.69, 9.17) is 15.2 Å². The van der Waals surface area contributed by atoms with Crippen molar-refractivity contribution in [3.05, 3.63) is 17.8 Å². The van der Waals surface area contributed by atoms with E-state index in [9.17, 15) is 13.2 Å². The minimum atomic E-state index is -4.64. The zero-order valence-corrected chi connectivity index (χ0v) is 17.3. The molecule has 2 aromatic heterocycles. The van der Waals surface area contributed by atoms with Gasteiger partial charge in [0.05, 0.1) is 43.1 Å². The highest BCUT2D eigenvalue weighted by molar-refractivity contribution is 5.64. The zero-order valence-electron chi connectivity index (χ0n) is 17.3. The highest BCUT2D eigenvalue weighted by Crippen LogP contribution is 2.37. The number of aromatic nitrogens is 4. The third-order valence-corrected chi connectivity index (χ3v) is 5.24. The summed E-state index contributed by atoms with van der Waals surface area (Å²) in [4.78, 5) is 21.1. The Bertz CT molecular complexity index is 937. The van der Waals surface area contributed by atoms with Crippen molar-refractivity contribution in [3.63, 3.8) is 0 Å². The molecular weight excluding hydrogens is 415 g/mol. The maximum Gasteiger partial charge on any atom is 0.417 e. The molecule has 0 aliphatic carbocycles. The smallest absolute Gasteiger partial charge is 0.384 e. The Morgan fingerprint density at radius 2 is 1.81 bits per heavy atom. The topological polar surface area (TPSA) is 103 Å². The van der Waals surface area contributed by atoms with Crippen LogP contribution < -0.4 is 15.5 Å². The third kappa shape index (κ3) is 4.64. The van der Waals surface area contributed by atoms with Gasteiger partial charge >= 0.3 is 6.18 Å². The number of rotatable bonds is 3. The maximum absolute atomic E-state index is 13.7.